The summed E-state index contributed by atoms with van der Waals surface area (Å²) in [7, 11) is 0. The number of alkyl halides is 1. The Kier molecular flexibility index (Phi) is 57.1. The third-order valence-corrected chi connectivity index (χ3v) is 0.722. The van der Waals surface area contributed by atoms with E-state index in [1.54, 1.807) is 0 Å². The van der Waals surface area contributed by atoms with Gasteiger partial charge in [-0.15, -0.1) is 23.9 Å². The van der Waals surface area contributed by atoms with E-state index < -0.39 is 0 Å². The number of hydrogen-bond acceptors (Lipinski definition) is 0. The predicted molar refractivity (Wildman–Crippen MR) is 34.5 cm³/mol. The summed E-state index contributed by atoms with van der Waals surface area (Å²) in [5.41, 5.74) is 0. The van der Waals surface area contributed by atoms with Gasteiger partial charge in [0.2, 0.25) is 0 Å². The molecule has 0 N–H and O–H groups in total. The Labute approximate surface area is 90.1 Å². The normalized spacial score (nSPS) is 4.89. The van der Waals surface area contributed by atoms with Crippen molar-refractivity contribution in [2.75, 3.05) is 5.88 Å². The van der Waals surface area contributed by atoms with Crippen molar-refractivity contribution in [1.29, 1.82) is 0 Å². The van der Waals surface area contributed by atoms with E-state index in [0.717, 1.165) is 12.8 Å². The average molecular weight is 198 g/mol. The molecule has 0 unspecified atom stereocenters. The zero-order valence-corrected chi connectivity index (χ0v) is 8.72. The molecule has 0 aromatic rings. The summed E-state index contributed by atoms with van der Waals surface area (Å²) in [6.07, 6.45) is 6.66. The maximum atomic E-state index is 5.28. The largest absolute Gasteiger partial charge is 2.00 e. The molecule has 0 nitrogen and oxygen atoms in total. The summed E-state index contributed by atoms with van der Waals surface area (Å²) in [5, 5.41) is 0. The Balaban J connectivity index is -0.0000000417. The maximum absolute atomic E-state index is 5.28. The van der Waals surface area contributed by atoms with Gasteiger partial charge >= 0.3 is 23.1 Å². The van der Waals surface area contributed by atoms with Gasteiger partial charge in [-0.3, -0.25) is 0 Å². The quantitative estimate of drug-likeness (QED) is 0.181. The maximum Gasteiger partial charge on any atom is 2.00 e. The standard InChI is InChI=1S/C5H7Cl.2ClH.Mg/c1-2-3-4-5-6;;;/h1H,3-5H2;2*1H;/q;;;+2/p-2. The molecule has 0 bridgehead atoms. The summed E-state index contributed by atoms with van der Waals surface area (Å²) in [6.45, 7) is 0. The Hall–Kier alpha value is 1.20. The van der Waals surface area contributed by atoms with E-state index in [1.165, 1.54) is 0 Å². The molecule has 0 aromatic heterocycles. The van der Waals surface area contributed by atoms with Crippen molar-refractivity contribution in [2.24, 2.45) is 0 Å². The third-order valence-electron chi connectivity index (χ3n) is 0.455. The molecule has 0 radical (unpaired) electrons. The van der Waals surface area contributed by atoms with Crippen molar-refractivity contribution in [3.8, 4) is 12.3 Å². The van der Waals surface area contributed by atoms with Crippen LogP contribution in [0.25, 0.3) is 0 Å². The fourth-order valence-electron chi connectivity index (χ4n) is 0.169. The van der Waals surface area contributed by atoms with E-state index in [0.29, 0.717) is 5.88 Å². The zero-order chi connectivity index (χ0) is 4.83. The van der Waals surface area contributed by atoms with Crippen LogP contribution in [0.2, 0.25) is 0 Å². The van der Waals surface area contributed by atoms with Crippen LogP contribution in [-0.4, -0.2) is 28.9 Å². The van der Waals surface area contributed by atoms with Crippen LogP contribution >= 0.6 is 11.6 Å². The molecule has 0 saturated carbocycles. The van der Waals surface area contributed by atoms with Gasteiger partial charge in [-0.2, -0.15) is 0 Å². The van der Waals surface area contributed by atoms with Crippen LogP contribution in [0.1, 0.15) is 12.8 Å². The van der Waals surface area contributed by atoms with E-state index in [1.807, 2.05) is 0 Å². The summed E-state index contributed by atoms with van der Waals surface area (Å²) in [6, 6.07) is 0. The Morgan fingerprint density at radius 3 is 1.89 bits per heavy atom. The number of unbranched alkanes of at least 4 members (excludes halogenated alkanes) is 1. The molecule has 0 amide bonds. The zero-order valence-electron chi connectivity index (χ0n) is 5.04. The number of hydrogen-bond donors (Lipinski definition) is 0. The number of rotatable bonds is 2. The minimum atomic E-state index is 0. The van der Waals surface area contributed by atoms with Crippen molar-refractivity contribution in [1.82, 2.24) is 0 Å². The summed E-state index contributed by atoms with van der Waals surface area (Å²) in [4.78, 5) is 0. The molecule has 0 aliphatic carbocycles. The molecule has 0 aliphatic rings. The van der Waals surface area contributed by atoms with Gasteiger partial charge in [-0.1, -0.05) is 0 Å². The van der Waals surface area contributed by atoms with Gasteiger partial charge in [0.1, 0.15) is 0 Å². The predicted octanol–water partition coefficient (Wildman–Crippen LogP) is -4.73. The van der Waals surface area contributed by atoms with Crippen molar-refractivity contribution in [2.45, 2.75) is 12.8 Å². The molecule has 0 aliphatic heterocycles. The molecule has 0 spiro atoms. The molecule has 9 heavy (non-hydrogen) atoms. The van der Waals surface area contributed by atoms with Gasteiger partial charge in [0.25, 0.3) is 0 Å². The molecule has 0 heterocycles. The van der Waals surface area contributed by atoms with E-state index in [9.17, 15) is 0 Å². The van der Waals surface area contributed by atoms with Crippen LogP contribution in [0.3, 0.4) is 0 Å². The molecular weight excluding hydrogens is 191 g/mol. The van der Waals surface area contributed by atoms with E-state index in [-0.39, 0.29) is 47.9 Å². The van der Waals surface area contributed by atoms with Crippen LogP contribution in [0.15, 0.2) is 0 Å². The second kappa shape index (κ2) is 22.9. The van der Waals surface area contributed by atoms with Crippen LogP contribution in [-0.2, 0) is 0 Å². The topological polar surface area (TPSA) is 0 Å². The Morgan fingerprint density at radius 1 is 1.33 bits per heavy atom. The van der Waals surface area contributed by atoms with Gasteiger partial charge in [0.15, 0.2) is 0 Å². The molecule has 50 valence electrons. The third kappa shape index (κ3) is 27.0. The van der Waals surface area contributed by atoms with E-state index in [2.05, 4.69) is 5.92 Å². The second-order valence-electron chi connectivity index (χ2n) is 0.997. The number of halogens is 3. The molecular formula is C5H7Cl3Mg. The Bertz CT molecular complexity index is 59.7. The minimum Gasteiger partial charge on any atom is -1.00 e. The average Bonchev–Trinajstić information content (AvgIpc) is 1.61. The van der Waals surface area contributed by atoms with Crippen molar-refractivity contribution < 1.29 is 24.8 Å². The first-order valence-electron chi connectivity index (χ1n) is 1.91. The van der Waals surface area contributed by atoms with Gasteiger partial charge < -0.3 is 24.8 Å². The first-order valence-corrected chi connectivity index (χ1v) is 2.44. The van der Waals surface area contributed by atoms with Gasteiger partial charge in [-0.25, -0.2) is 0 Å². The summed E-state index contributed by atoms with van der Waals surface area (Å²) >= 11 is 5.28. The van der Waals surface area contributed by atoms with Crippen LogP contribution in [0.4, 0.5) is 0 Å². The smallest absolute Gasteiger partial charge is 1.00 e. The van der Waals surface area contributed by atoms with E-state index in [4.69, 9.17) is 18.0 Å². The molecule has 0 aromatic carbocycles. The molecule has 0 saturated heterocycles. The van der Waals surface area contributed by atoms with Crippen LogP contribution in [0.5, 0.6) is 0 Å². The summed E-state index contributed by atoms with van der Waals surface area (Å²) in [5.74, 6) is 3.17. The minimum absolute atomic E-state index is 0. The fraction of sp³-hybridized carbons (Fsp3) is 0.600. The summed E-state index contributed by atoms with van der Waals surface area (Å²) < 4.78 is 0. The first-order chi connectivity index (χ1) is 2.91. The molecule has 0 atom stereocenters. The van der Waals surface area contributed by atoms with Gasteiger partial charge in [0.05, 0.1) is 0 Å². The monoisotopic (exact) mass is 196 g/mol. The second-order valence-corrected chi connectivity index (χ2v) is 1.37. The molecule has 0 rings (SSSR count). The van der Waals surface area contributed by atoms with Crippen molar-refractivity contribution in [3.63, 3.8) is 0 Å². The number of terminal acetylenes is 1. The first kappa shape index (κ1) is 22.5. The fourth-order valence-corrected chi connectivity index (χ4v) is 0.303. The molecule has 0 fully saturated rings. The van der Waals surface area contributed by atoms with Crippen molar-refractivity contribution in [3.05, 3.63) is 0 Å². The van der Waals surface area contributed by atoms with Crippen molar-refractivity contribution >= 4 is 34.7 Å². The molecule has 4 heteroatoms. The Morgan fingerprint density at radius 2 is 1.78 bits per heavy atom. The van der Waals surface area contributed by atoms with Gasteiger partial charge in [0, 0.05) is 12.3 Å². The van der Waals surface area contributed by atoms with Crippen LogP contribution in [0, 0.1) is 12.3 Å². The SMILES string of the molecule is C#CCCCCl.[Cl-].[Cl-].[Mg+2]. The van der Waals surface area contributed by atoms with Gasteiger partial charge in [-0.05, 0) is 6.42 Å². The van der Waals surface area contributed by atoms with Crippen LogP contribution < -0.4 is 24.8 Å². The van der Waals surface area contributed by atoms with E-state index >= 15 is 0 Å².